The Hall–Kier alpha value is -2.15. The van der Waals surface area contributed by atoms with Crippen molar-refractivity contribution in [2.45, 2.75) is 155 Å². The molecule has 0 aliphatic rings. The summed E-state index contributed by atoms with van der Waals surface area (Å²) in [6.45, 7) is 14.7. The van der Waals surface area contributed by atoms with Gasteiger partial charge in [-0.25, -0.2) is 4.79 Å². The zero-order chi connectivity index (χ0) is 32.5. The van der Waals surface area contributed by atoms with Crippen LogP contribution in [0, 0.1) is 0 Å². The van der Waals surface area contributed by atoms with Crippen LogP contribution >= 0.6 is 0 Å². The van der Waals surface area contributed by atoms with E-state index >= 15 is 0 Å². The number of ether oxygens (including phenoxy) is 1. The summed E-state index contributed by atoms with van der Waals surface area (Å²) in [5.41, 5.74) is -0.631. The predicted octanol–water partition coefficient (Wildman–Crippen LogP) is 8.91. The maximum Gasteiger partial charge on any atom is 0.408 e. The van der Waals surface area contributed by atoms with Crippen molar-refractivity contribution in [2.75, 3.05) is 6.61 Å². The number of hydrogen-bond acceptors (Lipinski definition) is 4. The topological polar surface area (TPSA) is 67.8 Å². The molecule has 0 spiro atoms. The second kappa shape index (κ2) is 19.4. The van der Waals surface area contributed by atoms with Gasteiger partial charge in [0.25, 0.3) is 8.32 Å². The Balaban J connectivity index is 2.08. The van der Waals surface area contributed by atoms with Gasteiger partial charge in [-0.2, -0.15) is 0 Å². The summed E-state index contributed by atoms with van der Waals surface area (Å²) < 4.78 is 12.7. The van der Waals surface area contributed by atoms with Crippen LogP contribution in [-0.2, 0) is 9.16 Å². The van der Waals surface area contributed by atoms with Crippen LogP contribution in [0.4, 0.5) is 4.79 Å². The van der Waals surface area contributed by atoms with Crippen molar-refractivity contribution in [2.24, 2.45) is 0 Å². The SMILES string of the molecule is CCCCCCCCCCCCCC[C@H](O)[C@H](CO[Si](c1ccccc1)(c1ccccc1)C(C)(C)C)NC(=O)OC(C)(C)C. The number of alkyl carbamates (subject to hydrolysis) is 1. The smallest absolute Gasteiger partial charge is 0.408 e. The van der Waals surface area contributed by atoms with Crippen LogP contribution in [0.1, 0.15) is 132 Å². The molecule has 0 aromatic heterocycles. The highest BCUT2D eigenvalue weighted by Gasteiger charge is 2.50. The summed E-state index contributed by atoms with van der Waals surface area (Å²) in [7, 11) is -2.83. The van der Waals surface area contributed by atoms with Crippen LogP contribution in [0.15, 0.2) is 60.7 Å². The number of hydrogen-bond donors (Lipinski definition) is 2. The van der Waals surface area contributed by atoms with Gasteiger partial charge in [-0.05, 0) is 42.6 Å². The van der Waals surface area contributed by atoms with E-state index in [1.165, 1.54) is 74.6 Å². The van der Waals surface area contributed by atoms with Gasteiger partial charge < -0.3 is 19.6 Å². The molecule has 0 heterocycles. The third kappa shape index (κ3) is 13.1. The fourth-order valence-corrected chi connectivity index (χ4v) is 10.7. The van der Waals surface area contributed by atoms with E-state index in [0.29, 0.717) is 6.42 Å². The lowest BCUT2D eigenvalue weighted by Gasteiger charge is -2.44. The Bertz CT molecular complexity index is 993. The van der Waals surface area contributed by atoms with Crippen molar-refractivity contribution in [3.63, 3.8) is 0 Å². The molecular formula is C38H63NO4Si. The predicted molar refractivity (Wildman–Crippen MR) is 188 cm³/mol. The van der Waals surface area contributed by atoms with E-state index in [4.69, 9.17) is 9.16 Å². The molecule has 2 rings (SSSR count). The number of benzene rings is 2. The van der Waals surface area contributed by atoms with Crippen LogP contribution in [0.5, 0.6) is 0 Å². The quantitative estimate of drug-likeness (QED) is 0.114. The number of nitrogens with one attached hydrogen (secondary N) is 1. The third-order valence-corrected chi connectivity index (χ3v) is 13.4. The summed E-state index contributed by atoms with van der Waals surface area (Å²) in [4.78, 5) is 12.9. The van der Waals surface area contributed by atoms with Gasteiger partial charge in [0.2, 0.25) is 0 Å². The van der Waals surface area contributed by atoms with Gasteiger partial charge >= 0.3 is 6.09 Å². The summed E-state index contributed by atoms with van der Waals surface area (Å²) in [6.07, 6.45) is 14.6. The fourth-order valence-electron chi connectivity index (χ4n) is 6.08. The summed E-state index contributed by atoms with van der Waals surface area (Å²) in [6, 6.07) is 20.4. The van der Waals surface area contributed by atoms with Gasteiger partial charge in [0.05, 0.1) is 18.8 Å². The molecule has 44 heavy (non-hydrogen) atoms. The van der Waals surface area contributed by atoms with E-state index < -0.39 is 32.2 Å². The molecule has 0 unspecified atom stereocenters. The molecule has 2 atom stereocenters. The van der Waals surface area contributed by atoms with Gasteiger partial charge in [0.1, 0.15) is 5.60 Å². The van der Waals surface area contributed by atoms with Crippen LogP contribution in [0.25, 0.3) is 0 Å². The fraction of sp³-hybridized carbons (Fsp3) is 0.658. The van der Waals surface area contributed by atoms with E-state index in [-0.39, 0.29) is 11.6 Å². The monoisotopic (exact) mass is 625 g/mol. The van der Waals surface area contributed by atoms with E-state index in [0.717, 1.165) is 12.8 Å². The van der Waals surface area contributed by atoms with Gasteiger partial charge in [-0.3, -0.25) is 0 Å². The van der Waals surface area contributed by atoms with Gasteiger partial charge in [-0.15, -0.1) is 0 Å². The zero-order valence-electron chi connectivity index (χ0n) is 29.0. The normalized spacial score (nSPS) is 13.8. The molecular weight excluding hydrogens is 563 g/mol. The largest absolute Gasteiger partial charge is 0.444 e. The highest BCUT2D eigenvalue weighted by Crippen LogP contribution is 2.37. The summed E-state index contributed by atoms with van der Waals surface area (Å²) in [5, 5.41) is 16.5. The van der Waals surface area contributed by atoms with E-state index in [2.05, 4.69) is 81.5 Å². The number of carbonyl (C=O) groups excluding carboxylic acids is 1. The first kappa shape index (κ1) is 38.0. The number of unbranched alkanes of at least 4 members (excludes halogenated alkanes) is 11. The third-order valence-electron chi connectivity index (χ3n) is 8.42. The molecule has 0 fully saturated rings. The molecule has 0 aliphatic carbocycles. The minimum absolute atomic E-state index is 0.200. The number of carbonyl (C=O) groups is 1. The minimum Gasteiger partial charge on any atom is -0.444 e. The first-order chi connectivity index (χ1) is 20.9. The van der Waals surface area contributed by atoms with Crippen molar-refractivity contribution in [1.82, 2.24) is 5.32 Å². The molecule has 2 N–H and O–H groups in total. The van der Waals surface area contributed by atoms with Crippen molar-refractivity contribution in [3.05, 3.63) is 60.7 Å². The molecule has 6 heteroatoms. The Kier molecular flexibility index (Phi) is 16.8. The Morgan fingerprint density at radius 3 is 1.57 bits per heavy atom. The molecule has 0 aliphatic heterocycles. The molecule has 1 amide bonds. The number of amides is 1. The Morgan fingerprint density at radius 2 is 1.16 bits per heavy atom. The number of aliphatic hydroxyl groups excluding tert-OH is 1. The molecule has 2 aromatic rings. The lowest BCUT2D eigenvalue weighted by molar-refractivity contribution is 0.0345. The molecule has 0 radical (unpaired) electrons. The molecule has 248 valence electrons. The second-order valence-corrected chi connectivity index (χ2v) is 18.8. The van der Waals surface area contributed by atoms with Crippen LogP contribution in [-0.4, -0.2) is 43.9 Å². The molecule has 0 bridgehead atoms. The highest BCUT2D eigenvalue weighted by molar-refractivity contribution is 6.99. The van der Waals surface area contributed by atoms with Crippen molar-refractivity contribution >= 4 is 24.8 Å². The van der Waals surface area contributed by atoms with E-state index in [1.807, 2.05) is 32.9 Å². The molecule has 0 saturated heterocycles. The lowest BCUT2D eigenvalue weighted by atomic mass is 10.0. The first-order valence-electron chi connectivity index (χ1n) is 17.3. The van der Waals surface area contributed by atoms with Crippen LogP contribution in [0.2, 0.25) is 5.04 Å². The number of rotatable bonds is 20. The zero-order valence-corrected chi connectivity index (χ0v) is 30.0. The van der Waals surface area contributed by atoms with E-state index in [1.54, 1.807) is 0 Å². The molecule has 5 nitrogen and oxygen atoms in total. The van der Waals surface area contributed by atoms with Gasteiger partial charge in [0, 0.05) is 0 Å². The van der Waals surface area contributed by atoms with Gasteiger partial charge in [0.15, 0.2) is 0 Å². The average molecular weight is 626 g/mol. The first-order valence-corrected chi connectivity index (χ1v) is 19.2. The number of aliphatic hydroxyl groups is 1. The Morgan fingerprint density at radius 1 is 0.727 bits per heavy atom. The van der Waals surface area contributed by atoms with Crippen molar-refractivity contribution in [3.8, 4) is 0 Å². The molecule has 2 aromatic carbocycles. The van der Waals surface area contributed by atoms with Gasteiger partial charge in [-0.1, -0.05) is 165 Å². The van der Waals surface area contributed by atoms with E-state index in [9.17, 15) is 9.90 Å². The van der Waals surface area contributed by atoms with Crippen molar-refractivity contribution < 1.29 is 19.1 Å². The second-order valence-electron chi connectivity index (χ2n) is 14.5. The highest BCUT2D eigenvalue weighted by atomic mass is 28.4. The maximum atomic E-state index is 12.9. The summed E-state index contributed by atoms with van der Waals surface area (Å²) >= 11 is 0. The summed E-state index contributed by atoms with van der Waals surface area (Å²) in [5.74, 6) is 0. The molecule has 0 saturated carbocycles. The van der Waals surface area contributed by atoms with Crippen LogP contribution in [0.3, 0.4) is 0 Å². The lowest BCUT2D eigenvalue weighted by Crippen LogP contribution is -2.67. The standard InChI is InChI=1S/C38H63NO4Si/c1-8-9-10-11-12-13-14-15-16-17-18-25-30-35(40)34(39-36(41)43-37(2,3)4)31-42-44(38(5,6)7,32-26-21-19-22-27-32)33-28-23-20-24-29-33/h19-24,26-29,34-35,40H,8-18,25,30-31H2,1-7H3,(H,39,41)/t34-,35-/m0/s1. The van der Waals surface area contributed by atoms with Crippen molar-refractivity contribution in [1.29, 1.82) is 0 Å². The maximum absolute atomic E-state index is 12.9. The average Bonchev–Trinajstić information content (AvgIpc) is 2.96. The van der Waals surface area contributed by atoms with Crippen LogP contribution < -0.4 is 15.7 Å². The Labute approximate surface area is 270 Å². The minimum atomic E-state index is -2.83.